The molecule has 0 amide bonds. The molecule has 3 nitrogen and oxygen atoms in total. The molecule has 0 spiro atoms. The molecule has 1 fully saturated rings. The zero-order valence-corrected chi connectivity index (χ0v) is 13.6. The van der Waals surface area contributed by atoms with Crippen LogP contribution in [0.3, 0.4) is 0 Å². The second-order valence-corrected chi connectivity index (χ2v) is 6.86. The van der Waals surface area contributed by atoms with E-state index in [2.05, 4.69) is 4.72 Å². The van der Waals surface area contributed by atoms with E-state index in [0.717, 1.165) is 22.9 Å². The highest BCUT2D eigenvalue weighted by atomic mass is 32.2. The Morgan fingerprint density at radius 3 is 2.86 bits per heavy atom. The molecule has 1 aromatic carbocycles. The summed E-state index contributed by atoms with van der Waals surface area (Å²) in [6.45, 7) is 0.509. The number of aliphatic hydroxyl groups excluding tert-OH is 1. The predicted molar refractivity (Wildman–Crippen MR) is 92.3 cm³/mol. The number of rotatable bonds is 8. The second kappa shape index (κ2) is 9.34. The van der Waals surface area contributed by atoms with Crippen molar-refractivity contribution in [3.8, 4) is 0 Å². The third kappa shape index (κ3) is 5.89. The topological polar surface area (TPSA) is 58.3 Å². The molecule has 1 aromatic rings. The Hall–Kier alpha value is -0.710. The Morgan fingerprint density at radius 2 is 2.10 bits per heavy atom. The average molecular weight is 308 g/mol. The van der Waals surface area contributed by atoms with Crippen LogP contribution in [0.2, 0.25) is 0 Å². The van der Waals surface area contributed by atoms with Gasteiger partial charge in [-0.05, 0) is 43.0 Å². The molecule has 4 N–H and O–H groups in total. The Balaban J connectivity index is 1.71. The highest BCUT2D eigenvalue weighted by Gasteiger charge is 2.12. The van der Waals surface area contributed by atoms with E-state index >= 15 is 0 Å². The highest BCUT2D eigenvalue weighted by Crippen LogP contribution is 2.28. The number of hydrogen-bond donors (Lipinski definition) is 3. The fourth-order valence-electron chi connectivity index (χ4n) is 2.97. The molecule has 2 rings (SSSR count). The fraction of sp³-hybridized carbons (Fsp3) is 0.647. The maximum absolute atomic E-state index is 9.97. The molecule has 0 radical (unpaired) electrons. The normalized spacial score (nSPS) is 17.6. The lowest BCUT2D eigenvalue weighted by Gasteiger charge is -2.21. The van der Waals surface area contributed by atoms with Gasteiger partial charge in [0.15, 0.2) is 0 Å². The van der Waals surface area contributed by atoms with Gasteiger partial charge in [-0.15, -0.1) is 0 Å². The van der Waals surface area contributed by atoms with Crippen LogP contribution in [0, 0.1) is 5.92 Å². The van der Waals surface area contributed by atoms with Gasteiger partial charge in [-0.25, -0.2) is 0 Å². The van der Waals surface area contributed by atoms with Crippen LogP contribution in [0.25, 0.3) is 0 Å². The summed E-state index contributed by atoms with van der Waals surface area (Å²) >= 11 is 1.78. The van der Waals surface area contributed by atoms with Gasteiger partial charge < -0.3 is 15.6 Å². The van der Waals surface area contributed by atoms with Crippen LogP contribution in [0.15, 0.2) is 24.3 Å². The van der Waals surface area contributed by atoms with Crippen molar-refractivity contribution in [2.75, 3.05) is 17.0 Å². The largest absolute Gasteiger partial charge is 0.388 e. The Morgan fingerprint density at radius 1 is 1.29 bits per heavy atom. The third-order valence-electron chi connectivity index (χ3n) is 4.25. The van der Waals surface area contributed by atoms with Crippen molar-refractivity contribution < 1.29 is 5.11 Å². The molecule has 118 valence electrons. The Kier molecular flexibility index (Phi) is 7.41. The van der Waals surface area contributed by atoms with E-state index in [1.165, 1.54) is 38.5 Å². The summed E-state index contributed by atoms with van der Waals surface area (Å²) in [6.07, 6.45) is 8.57. The van der Waals surface area contributed by atoms with E-state index in [9.17, 15) is 5.11 Å². The molecule has 21 heavy (non-hydrogen) atoms. The monoisotopic (exact) mass is 308 g/mol. The maximum Gasteiger partial charge on any atom is 0.0802 e. The van der Waals surface area contributed by atoms with Crippen molar-refractivity contribution in [1.29, 1.82) is 0 Å². The summed E-state index contributed by atoms with van der Waals surface area (Å²) < 4.78 is 3.40. The van der Waals surface area contributed by atoms with Crippen LogP contribution >= 0.6 is 11.9 Å². The SMILES string of the molecule is NCCC(O)c1cccc(NSCCC2CCCCC2)c1. The minimum atomic E-state index is -0.455. The zero-order chi connectivity index (χ0) is 14.9. The first-order valence-electron chi connectivity index (χ1n) is 8.15. The fourth-order valence-corrected chi connectivity index (χ4v) is 3.82. The molecule has 0 bridgehead atoms. The minimum absolute atomic E-state index is 0.455. The first-order valence-corrected chi connectivity index (χ1v) is 9.14. The van der Waals surface area contributed by atoms with Gasteiger partial charge in [0, 0.05) is 11.4 Å². The third-order valence-corrected chi connectivity index (χ3v) is 5.07. The molecule has 0 saturated heterocycles. The lowest BCUT2D eigenvalue weighted by molar-refractivity contribution is 0.170. The number of aliphatic hydroxyl groups is 1. The van der Waals surface area contributed by atoms with Gasteiger partial charge in [-0.3, -0.25) is 0 Å². The summed E-state index contributed by atoms with van der Waals surface area (Å²) in [5.41, 5.74) is 7.50. The first-order chi connectivity index (χ1) is 10.3. The smallest absolute Gasteiger partial charge is 0.0802 e. The van der Waals surface area contributed by atoms with Gasteiger partial charge >= 0.3 is 0 Å². The van der Waals surface area contributed by atoms with E-state index in [4.69, 9.17) is 5.73 Å². The summed E-state index contributed by atoms with van der Waals surface area (Å²) in [5, 5.41) is 9.97. The predicted octanol–water partition coefficient (Wildman–Crippen LogP) is 4.10. The van der Waals surface area contributed by atoms with Gasteiger partial charge in [0.25, 0.3) is 0 Å². The number of benzene rings is 1. The van der Waals surface area contributed by atoms with Crippen molar-refractivity contribution in [2.24, 2.45) is 11.7 Å². The van der Waals surface area contributed by atoms with Crippen molar-refractivity contribution in [1.82, 2.24) is 0 Å². The van der Waals surface area contributed by atoms with Crippen LogP contribution in [0.4, 0.5) is 5.69 Å². The quantitative estimate of drug-likeness (QED) is 0.500. The standard InChI is InChI=1S/C17H28N2OS/c18-11-9-17(20)15-7-4-8-16(13-15)19-21-12-10-14-5-2-1-3-6-14/h4,7-8,13-14,17,19-20H,1-3,5-6,9-12,18H2. The van der Waals surface area contributed by atoms with Gasteiger partial charge in [-0.2, -0.15) is 0 Å². The molecule has 4 heteroatoms. The second-order valence-electron chi connectivity index (χ2n) is 5.96. The molecule has 0 aliphatic heterocycles. The van der Waals surface area contributed by atoms with Gasteiger partial charge in [-0.1, -0.05) is 56.2 Å². The van der Waals surface area contributed by atoms with Crippen LogP contribution in [0.5, 0.6) is 0 Å². The van der Waals surface area contributed by atoms with Crippen molar-refractivity contribution in [3.05, 3.63) is 29.8 Å². The number of anilines is 1. The molecular weight excluding hydrogens is 280 g/mol. The highest BCUT2D eigenvalue weighted by molar-refractivity contribution is 8.00. The average Bonchev–Trinajstić information content (AvgIpc) is 2.53. The van der Waals surface area contributed by atoms with E-state index in [1.54, 1.807) is 11.9 Å². The lowest BCUT2D eigenvalue weighted by Crippen LogP contribution is -2.08. The van der Waals surface area contributed by atoms with E-state index in [-0.39, 0.29) is 0 Å². The molecule has 1 aliphatic rings. The van der Waals surface area contributed by atoms with Crippen LogP contribution in [0.1, 0.15) is 56.6 Å². The van der Waals surface area contributed by atoms with Crippen LogP contribution in [-0.2, 0) is 0 Å². The molecular formula is C17H28N2OS. The van der Waals surface area contributed by atoms with Crippen molar-refractivity contribution in [2.45, 2.75) is 51.0 Å². The molecule has 0 heterocycles. The Bertz CT molecular complexity index is 408. The molecule has 1 aliphatic carbocycles. The maximum atomic E-state index is 9.97. The molecule has 0 aromatic heterocycles. The minimum Gasteiger partial charge on any atom is -0.388 e. The molecule has 1 atom stereocenters. The number of nitrogens with two attached hydrogens (primary N) is 1. The molecule has 1 saturated carbocycles. The van der Waals surface area contributed by atoms with Crippen molar-refractivity contribution >= 4 is 17.6 Å². The van der Waals surface area contributed by atoms with Crippen molar-refractivity contribution in [3.63, 3.8) is 0 Å². The van der Waals surface area contributed by atoms with Crippen LogP contribution in [-0.4, -0.2) is 17.4 Å². The number of hydrogen-bond acceptors (Lipinski definition) is 4. The summed E-state index contributed by atoms with van der Waals surface area (Å²) in [5.74, 6) is 2.09. The summed E-state index contributed by atoms with van der Waals surface area (Å²) in [7, 11) is 0. The van der Waals surface area contributed by atoms with Crippen LogP contribution < -0.4 is 10.5 Å². The van der Waals surface area contributed by atoms with Gasteiger partial charge in [0.2, 0.25) is 0 Å². The first kappa shape index (κ1) is 16.7. The summed E-state index contributed by atoms with van der Waals surface area (Å²) in [4.78, 5) is 0. The van der Waals surface area contributed by atoms with Gasteiger partial charge in [0.05, 0.1) is 6.10 Å². The lowest BCUT2D eigenvalue weighted by atomic mass is 9.88. The summed E-state index contributed by atoms with van der Waals surface area (Å²) in [6, 6.07) is 8.01. The number of nitrogens with one attached hydrogen (secondary N) is 1. The van der Waals surface area contributed by atoms with E-state index in [0.29, 0.717) is 13.0 Å². The zero-order valence-electron chi connectivity index (χ0n) is 12.8. The van der Waals surface area contributed by atoms with E-state index in [1.807, 2.05) is 24.3 Å². The molecule has 1 unspecified atom stereocenters. The van der Waals surface area contributed by atoms with Gasteiger partial charge in [0.1, 0.15) is 0 Å². The van der Waals surface area contributed by atoms with E-state index < -0.39 is 6.10 Å². The Labute approximate surface area is 132 Å².